The molecule has 0 saturated carbocycles. The zero-order valence-corrected chi connectivity index (χ0v) is 7.45. The maximum absolute atomic E-state index is 10.8. The van der Waals surface area contributed by atoms with Crippen molar-refractivity contribution >= 4 is 5.97 Å². The van der Waals surface area contributed by atoms with Crippen molar-refractivity contribution in [3.8, 4) is 0 Å². The van der Waals surface area contributed by atoms with Crippen LogP contribution in [0.1, 0.15) is 0 Å². The van der Waals surface area contributed by atoms with Gasteiger partial charge in [-0.3, -0.25) is 0 Å². The predicted molar refractivity (Wildman–Crippen MR) is 41.3 cm³/mol. The van der Waals surface area contributed by atoms with E-state index in [1.807, 2.05) is 0 Å². The molecule has 1 fully saturated rings. The summed E-state index contributed by atoms with van der Waals surface area (Å²) in [6, 6.07) is 0. The number of carboxylic acid groups (broad SMARTS) is 1. The molecule has 0 radical (unpaired) electrons. The predicted octanol–water partition coefficient (Wildman–Crippen LogP) is -2.47. The molecule has 1 saturated heterocycles. The molecule has 0 spiro atoms. The van der Waals surface area contributed by atoms with Crippen LogP contribution < -0.4 is 0 Å². The molecule has 7 nitrogen and oxygen atoms in total. The molecule has 14 heavy (non-hydrogen) atoms. The molecule has 1 rings (SSSR count). The molecule has 1 aliphatic rings. The second-order valence-corrected chi connectivity index (χ2v) is 2.99. The largest absolute Gasteiger partial charge is 0.477 e. The third kappa shape index (κ3) is 1.49. The van der Waals surface area contributed by atoms with Crippen LogP contribution in [0.5, 0.6) is 0 Å². The third-order valence-electron chi connectivity index (χ3n) is 2.18. The van der Waals surface area contributed by atoms with Crippen LogP contribution in [0.15, 0.2) is 0 Å². The Morgan fingerprint density at radius 1 is 1.50 bits per heavy atom. The number of hydrogen-bond acceptors (Lipinski definition) is 6. The second-order valence-electron chi connectivity index (χ2n) is 2.99. The van der Waals surface area contributed by atoms with Gasteiger partial charge < -0.3 is 29.9 Å². The zero-order chi connectivity index (χ0) is 10.9. The Morgan fingerprint density at radius 3 is 2.50 bits per heavy atom. The van der Waals surface area contributed by atoms with Gasteiger partial charge in [0.25, 0.3) is 5.79 Å². The fourth-order valence-corrected chi connectivity index (χ4v) is 1.28. The molecule has 7 heteroatoms. The number of aliphatic hydroxyl groups is 3. The average molecular weight is 208 g/mol. The summed E-state index contributed by atoms with van der Waals surface area (Å²) in [7, 11) is 1.03. The third-order valence-corrected chi connectivity index (χ3v) is 2.18. The van der Waals surface area contributed by atoms with E-state index in [1.165, 1.54) is 0 Å². The van der Waals surface area contributed by atoms with Crippen LogP contribution in [0.3, 0.4) is 0 Å². The number of carboxylic acids is 1. The van der Waals surface area contributed by atoms with Crippen LogP contribution >= 0.6 is 0 Å². The molecule has 0 aliphatic carbocycles. The van der Waals surface area contributed by atoms with Crippen molar-refractivity contribution in [2.24, 2.45) is 0 Å². The van der Waals surface area contributed by atoms with Gasteiger partial charge in [0.2, 0.25) is 0 Å². The van der Waals surface area contributed by atoms with Crippen molar-refractivity contribution in [1.29, 1.82) is 0 Å². The highest BCUT2D eigenvalue weighted by Crippen LogP contribution is 2.27. The summed E-state index contributed by atoms with van der Waals surface area (Å²) in [4.78, 5) is 10.8. The standard InChI is InChI=1S/C7H12O7/c1-13-7(6(11)12)5(10)4(9)3(8)2-14-7/h3-5,8-10H,2H2,1H3,(H,11,12)/t3-,4+,5-,7?/m1/s1. The smallest absolute Gasteiger partial charge is 0.367 e. The minimum Gasteiger partial charge on any atom is -0.477 e. The first-order chi connectivity index (χ1) is 6.45. The molecule has 82 valence electrons. The SMILES string of the molecule is COC1(C(=O)O)OC[C@@H](O)[C@H](O)[C@H]1O. The van der Waals surface area contributed by atoms with E-state index in [0.29, 0.717) is 0 Å². The molecule has 0 aromatic rings. The number of aliphatic hydroxyl groups excluding tert-OH is 3. The van der Waals surface area contributed by atoms with E-state index in [2.05, 4.69) is 9.47 Å². The average Bonchev–Trinajstić information content (AvgIpc) is 2.15. The Kier molecular flexibility index (Phi) is 3.07. The number of rotatable bonds is 2. The van der Waals surface area contributed by atoms with Gasteiger partial charge in [-0.05, 0) is 0 Å². The quantitative estimate of drug-likeness (QED) is 0.397. The molecule has 1 aliphatic heterocycles. The Bertz CT molecular complexity index is 230. The van der Waals surface area contributed by atoms with E-state index in [9.17, 15) is 15.0 Å². The van der Waals surface area contributed by atoms with Gasteiger partial charge in [0, 0.05) is 7.11 Å². The van der Waals surface area contributed by atoms with E-state index in [0.717, 1.165) is 7.11 Å². The van der Waals surface area contributed by atoms with Gasteiger partial charge in [-0.2, -0.15) is 0 Å². The van der Waals surface area contributed by atoms with Crippen LogP contribution in [0.4, 0.5) is 0 Å². The highest BCUT2D eigenvalue weighted by Gasteiger charge is 2.56. The summed E-state index contributed by atoms with van der Waals surface area (Å²) in [6.07, 6.45) is -4.78. The van der Waals surface area contributed by atoms with E-state index in [4.69, 9.17) is 10.2 Å². The van der Waals surface area contributed by atoms with Gasteiger partial charge in [-0.25, -0.2) is 4.79 Å². The van der Waals surface area contributed by atoms with Crippen molar-refractivity contribution in [1.82, 2.24) is 0 Å². The number of hydrogen-bond donors (Lipinski definition) is 4. The van der Waals surface area contributed by atoms with E-state index in [-0.39, 0.29) is 0 Å². The molecule has 0 amide bonds. The summed E-state index contributed by atoms with van der Waals surface area (Å²) in [5.74, 6) is -3.86. The topological polar surface area (TPSA) is 116 Å². The molecular weight excluding hydrogens is 196 g/mol. The first kappa shape index (κ1) is 11.3. The second kappa shape index (κ2) is 3.79. The van der Waals surface area contributed by atoms with Crippen molar-refractivity contribution in [3.05, 3.63) is 0 Å². The minimum atomic E-state index is -2.31. The molecule has 1 heterocycles. The summed E-state index contributed by atoms with van der Waals surface area (Å²) in [5.41, 5.74) is 0. The van der Waals surface area contributed by atoms with Crippen molar-refractivity contribution in [3.63, 3.8) is 0 Å². The number of methoxy groups -OCH3 is 1. The Labute approximate surface area is 79.5 Å². The number of carbonyl (C=O) groups is 1. The van der Waals surface area contributed by atoms with E-state index in [1.54, 1.807) is 0 Å². The molecule has 4 atom stereocenters. The van der Waals surface area contributed by atoms with Gasteiger partial charge in [-0.1, -0.05) is 0 Å². The highest BCUT2D eigenvalue weighted by atomic mass is 16.7. The molecular formula is C7H12O7. The summed E-state index contributed by atoms with van der Waals surface area (Å²) in [5, 5.41) is 36.5. The molecule has 1 unspecified atom stereocenters. The van der Waals surface area contributed by atoms with Gasteiger partial charge in [0.15, 0.2) is 0 Å². The van der Waals surface area contributed by atoms with Gasteiger partial charge in [-0.15, -0.1) is 0 Å². The fourth-order valence-electron chi connectivity index (χ4n) is 1.28. The number of aliphatic carboxylic acids is 1. The molecule has 4 N–H and O–H groups in total. The Hall–Kier alpha value is -0.730. The molecule has 0 aromatic heterocycles. The zero-order valence-electron chi connectivity index (χ0n) is 7.45. The lowest BCUT2D eigenvalue weighted by molar-refractivity contribution is -0.320. The molecule has 0 aromatic carbocycles. The lowest BCUT2D eigenvalue weighted by Gasteiger charge is -2.40. The van der Waals surface area contributed by atoms with Crippen LogP contribution in [0.25, 0.3) is 0 Å². The van der Waals surface area contributed by atoms with E-state index < -0.39 is 36.7 Å². The van der Waals surface area contributed by atoms with Crippen molar-refractivity contribution in [2.75, 3.05) is 13.7 Å². The van der Waals surface area contributed by atoms with Gasteiger partial charge in [0.1, 0.15) is 18.3 Å². The lowest BCUT2D eigenvalue weighted by atomic mass is 9.97. The van der Waals surface area contributed by atoms with Crippen molar-refractivity contribution < 1.29 is 34.7 Å². The van der Waals surface area contributed by atoms with Crippen LogP contribution in [0.2, 0.25) is 0 Å². The first-order valence-electron chi connectivity index (χ1n) is 3.92. The summed E-state index contributed by atoms with van der Waals surface area (Å²) in [6.45, 7) is -0.418. The number of ether oxygens (including phenoxy) is 2. The van der Waals surface area contributed by atoms with Gasteiger partial charge >= 0.3 is 5.97 Å². The van der Waals surface area contributed by atoms with Crippen LogP contribution in [-0.2, 0) is 14.3 Å². The maximum Gasteiger partial charge on any atom is 0.367 e. The normalized spacial score (nSPS) is 43.6. The van der Waals surface area contributed by atoms with Gasteiger partial charge in [0.05, 0.1) is 6.61 Å². The monoisotopic (exact) mass is 208 g/mol. The fraction of sp³-hybridized carbons (Fsp3) is 0.857. The Morgan fingerprint density at radius 2 is 2.07 bits per heavy atom. The van der Waals surface area contributed by atoms with Crippen molar-refractivity contribution in [2.45, 2.75) is 24.1 Å². The summed E-state index contributed by atoms with van der Waals surface area (Å²) < 4.78 is 9.22. The first-order valence-corrected chi connectivity index (χ1v) is 3.92. The highest BCUT2D eigenvalue weighted by molar-refractivity contribution is 5.76. The maximum atomic E-state index is 10.8. The van der Waals surface area contributed by atoms with Crippen LogP contribution in [-0.4, -0.2) is 64.2 Å². The lowest BCUT2D eigenvalue weighted by Crippen LogP contribution is -2.65. The van der Waals surface area contributed by atoms with Crippen LogP contribution in [0, 0.1) is 0 Å². The summed E-state index contributed by atoms with van der Waals surface area (Å²) >= 11 is 0. The van der Waals surface area contributed by atoms with E-state index >= 15 is 0 Å². The Balaban J connectivity index is 2.93. The minimum absolute atomic E-state index is 0.418. The molecule has 0 bridgehead atoms.